The summed E-state index contributed by atoms with van der Waals surface area (Å²) in [5.41, 5.74) is 3.39. The number of sulfonamides is 1. The summed E-state index contributed by atoms with van der Waals surface area (Å²) in [6, 6.07) is 6.70. The van der Waals surface area contributed by atoms with Gasteiger partial charge in [-0.2, -0.15) is 0 Å². The van der Waals surface area contributed by atoms with Gasteiger partial charge in [0.25, 0.3) is 0 Å². The third kappa shape index (κ3) is 3.73. The van der Waals surface area contributed by atoms with Crippen molar-refractivity contribution in [2.45, 2.75) is 6.54 Å². The van der Waals surface area contributed by atoms with E-state index in [-0.39, 0.29) is 0 Å². The van der Waals surface area contributed by atoms with Crippen molar-refractivity contribution in [3.05, 3.63) is 29.8 Å². The largest absolute Gasteiger partial charge is 0.316 e. The molecule has 6 heteroatoms. The molecule has 0 saturated heterocycles. The van der Waals surface area contributed by atoms with E-state index < -0.39 is 10.0 Å². The molecule has 0 amide bonds. The highest BCUT2D eigenvalue weighted by molar-refractivity contribution is 7.92. The molecule has 0 spiro atoms. The predicted molar refractivity (Wildman–Crippen MR) is 53.5 cm³/mol. The maximum absolute atomic E-state index is 10.8. The second kappa shape index (κ2) is 4.41. The Morgan fingerprint density at radius 3 is 2.29 bits per heavy atom. The molecule has 0 unspecified atom stereocenters. The van der Waals surface area contributed by atoms with Crippen LogP contribution in [0.2, 0.25) is 0 Å². The maximum atomic E-state index is 10.8. The Balaban J connectivity index is 2.74. The molecular weight excluding hydrogens is 204 g/mol. The van der Waals surface area contributed by atoms with Gasteiger partial charge in [0.15, 0.2) is 0 Å². The van der Waals surface area contributed by atoms with E-state index in [2.05, 4.69) is 4.72 Å². The molecular formula is C8H12N2O3S. The Hall–Kier alpha value is -1.11. The Bertz CT molecular complexity index is 386. The van der Waals surface area contributed by atoms with Crippen molar-refractivity contribution in [3.8, 4) is 0 Å². The van der Waals surface area contributed by atoms with E-state index in [0.717, 1.165) is 11.8 Å². The fourth-order valence-corrected chi connectivity index (χ4v) is 1.56. The van der Waals surface area contributed by atoms with Gasteiger partial charge >= 0.3 is 0 Å². The second-order valence-electron chi connectivity index (χ2n) is 2.91. The summed E-state index contributed by atoms with van der Waals surface area (Å²) in [6.07, 6.45) is 1.09. The quantitative estimate of drug-likeness (QED) is 0.642. The van der Waals surface area contributed by atoms with Crippen molar-refractivity contribution in [1.29, 1.82) is 0 Å². The first-order valence-corrected chi connectivity index (χ1v) is 5.84. The highest BCUT2D eigenvalue weighted by Gasteiger charge is 2.00. The lowest BCUT2D eigenvalue weighted by atomic mass is 10.2. The summed E-state index contributed by atoms with van der Waals surface area (Å²) in [6.45, 7) is 0.332. The molecule has 1 aromatic rings. The van der Waals surface area contributed by atoms with Crippen LogP contribution in [-0.4, -0.2) is 19.9 Å². The van der Waals surface area contributed by atoms with E-state index >= 15 is 0 Å². The number of hydroxylamine groups is 1. The predicted octanol–water partition coefficient (Wildman–Crippen LogP) is 0.537. The standard InChI is InChI=1S/C8H12N2O3S/c1-14(12,13)10-8-4-2-7(3-5-8)6-9-11/h2-5,9-11H,6H2,1H3. The minimum atomic E-state index is -3.22. The van der Waals surface area contributed by atoms with Crippen LogP contribution in [0.5, 0.6) is 0 Å². The number of anilines is 1. The van der Waals surface area contributed by atoms with Crippen LogP contribution in [0.1, 0.15) is 5.56 Å². The van der Waals surface area contributed by atoms with E-state index in [4.69, 9.17) is 5.21 Å². The zero-order valence-electron chi connectivity index (χ0n) is 7.69. The van der Waals surface area contributed by atoms with Crippen LogP contribution in [0.15, 0.2) is 24.3 Å². The van der Waals surface area contributed by atoms with Crippen molar-refractivity contribution in [3.63, 3.8) is 0 Å². The SMILES string of the molecule is CS(=O)(=O)Nc1ccc(CNO)cc1. The van der Waals surface area contributed by atoms with Crippen LogP contribution in [0.3, 0.4) is 0 Å². The van der Waals surface area contributed by atoms with Crippen LogP contribution in [0.4, 0.5) is 5.69 Å². The van der Waals surface area contributed by atoms with Crippen LogP contribution < -0.4 is 10.2 Å². The molecule has 0 heterocycles. The summed E-state index contributed by atoms with van der Waals surface area (Å²) in [4.78, 5) is 0. The zero-order valence-corrected chi connectivity index (χ0v) is 8.50. The van der Waals surface area contributed by atoms with Gasteiger partial charge in [-0.25, -0.2) is 13.9 Å². The summed E-state index contributed by atoms with van der Waals surface area (Å²) >= 11 is 0. The van der Waals surface area contributed by atoms with Gasteiger partial charge in [0.1, 0.15) is 0 Å². The fourth-order valence-electron chi connectivity index (χ4n) is 0.996. The molecule has 0 radical (unpaired) electrons. The van der Waals surface area contributed by atoms with Gasteiger partial charge in [0.05, 0.1) is 6.26 Å². The number of benzene rings is 1. The second-order valence-corrected chi connectivity index (χ2v) is 4.65. The summed E-state index contributed by atoms with van der Waals surface area (Å²) < 4.78 is 24.0. The van der Waals surface area contributed by atoms with Crippen molar-refractivity contribution < 1.29 is 13.6 Å². The molecule has 0 atom stereocenters. The topological polar surface area (TPSA) is 78.4 Å². The molecule has 14 heavy (non-hydrogen) atoms. The minimum Gasteiger partial charge on any atom is -0.316 e. The van der Waals surface area contributed by atoms with Gasteiger partial charge in [0.2, 0.25) is 10.0 Å². The summed E-state index contributed by atoms with van der Waals surface area (Å²) in [7, 11) is -3.22. The molecule has 0 aliphatic heterocycles. The average Bonchev–Trinajstić information content (AvgIpc) is 2.06. The van der Waals surface area contributed by atoms with Crippen LogP contribution in [0, 0.1) is 0 Å². The van der Waals surface area contributed by atoms with Gasteiger partial charge in [-0.1, -0.05) is 12.1 Å². The maximum Gasteiger partial charge on any atom is 0.229 e. The van der Waals surface area contributed by atoms with E-state index in [1.807, 2.05) is 5.48 Å². The van der Waals surface area contributed by atoms with Gasteiger partial charge in [0, 0.05) is 12.2 Å². The first-order valence-electron chi connectivity index (χ1n) is 3.95. The molecule has 0 aliphatic carbocycles. The van der Waals surface area contributed by atoms with Gasteiger partial charge in [-0.3, -0.25) is 4.72 Å². The summed E-state index contributed by atoms with van der Waals surface area (Å²) in [5.74, 6) is 0. The third-order valence-electron chi connectivity index (χ3n) is 1.54. The lowest BCUT2D eigenvalue weighted by molar-refractivity contribution is 0.161. The molecule has 5 nitrogen and oxygen atoms in total. The Kier molecular flexibility index (Phi) is 3.45. The highest BCUT2D eigenvalue weighted by atomic mass is 32.2. The Morgan fingerprint density at radius 2 is 1.86 bits per heavy atom. The number of nitrogens with one attached hydrogen (secondary N) is 2. The Morgan fingerprint density at radius 1 is 1.29 bits per heavy atom. The number of rotatable bonds is 4. The molecule has 1 rings (SSSR count). The monoisotopic (exact) mass is 216 g/mol. The lowest BCUT2D eigenvalue weighted by Crippen LogP contribution is -2.10. The van der Waals surface area contributed by atoms with Gasteiger partial charge < -0.3 is 5.21 Å². The van der Waals surface area contributed by atoms with Crippen LogP contribution in [0.25, 0.3) is 0 Å². The van der Waals surface area contributed by atoms with E-state index in [1.54, 1.807) is 24.3 Å². The smallest absolute Gasteiger partial charge is 0.229 e. The molecule has 3 N–H and O–H groups in total. The fraction of sp³-hybridized carbons (Fsp3) is 0.250. The minimum absolute atomic E-state index is 0.332. The van der Waals surface area contributed by atoms with Crippen molar-refractivity contribution in [1.82, 2.24) is 5.48 Å². The number of hydrogen-bond donors (Lipinski definition) is 3. The molecule has 0 bridgehead atoms. The lowest BCUT2D eigenvalue weighted by Gasteiger charge is -2.04. The zero-order chi connectivity index (χ0) is 10.6. The van der Waals surface area contributed by atoms with Crippen molar-refractivity contribution in [2.24, 2.45) is 0 Å². The first-order chi connectivity index (χ1) is 6.51. The van der Waals surface area contributed by atoms with Crippen LogP contribution >= 0.6 is 0 Å². The summed E-state index contributed by atoms with van der Waals surface area (Å²) in [5, 5.41) is 8.41. The Labute approximate surface area is 82.8 Å². The normalized spacial score (nSPS) is 11.3. The van der Waals surface area contributed by atoms with Crippen LogP contribution in [-0.2, 0) is 16.6 Å². The highest BCUT2D eigenvalue weighted by Crippen LogP contribution is 2.10. The molecule has 0 aliphatic rings. The first kappa shape index (κ1) is 11.0. The molecule has 0 fully saturated rings. The van der Waals surface area contributed by atoms with Gasteiger partial charge in [-0.05, 0) is 17.7 Å². The van der Waals surface area contributed by atoms with Crippen molar-refractivity contribution >= 4 is 15.7 Å². The third-order valence-corrected chi connectivity index (χ3v) is 2.15. The van der Waals surface area contributed by atoms with Crippen molar-refractivity contribution in [2.75, 3.05) is 11.0 Å². The molecule has 1 aromatic carbocycles. The van der Waals surface area contributed by atoms with E-state index in [0.29, 0.717) is 12.2 Å². The van der Waals surface area contributed by atoms with E-state index in [1.165, 1.54) is 0 Å². The number of hydrogen-bond acceptors (Lipinski definition) is 4. The molecule has 0 aromatic heterocycles. The molecule has 78 valence electrons. The average molecular weight is 216 g/mol. The van der Waals surface area contributed by atoms with E-state index in [9.17, 15) is 8.42 Å². The van der Waals surface area contributed by atoms with Gasteiger partial charge in [-0.15, -0.1) is 0 Å². The molecule has 0 saturated carbocycles.